The molecule has 0 aliphatic rings. The van der Waals surface area contributed by atoms with Crippen LogP contribution >= 0.6 is 0 Å². The van der Waals surface area contributed by atoms with E-state index in [2.05, 4.69) is 49.6 Å². The Bertz CT molecular complexity index is 346. The van der Waals surface area contributed by atoms with Crippen LogP contribution in [0, 0.1) is 0 Å². The summed E-state index contributed by atoms with van der Waals surface area (Å²) >= 11 is 0. The summed E-state index contributed by atoms with van der Waals surface area (Å²) in [6, 6.07) is 8.62. The van der Waals surface area contributed by atoms with Gasteiger partial charge in [-0.1, -0.05) is 49.4 Å². The summed E-state index contributed by atoms with van der Waals surface area (Å²) < 4.78 is 0. The van der Waals surface area contributed by atoms with Gasteiger partial charge in [0.25, 0.3) is 0 Å². The summed E-state index contributed by atoms with van der Waals surface area (Å²) in [7, 11) is 1.09. The van der Waals surface area contributed by atoms with E-state index in [1.807, 2.05) is 0 Å². The van der Waals surface area contributed by atoms with Crippen molar-refractivity contribution in [3.05, 3.63) is 36.4 Å². The molecule has 0 N–H and O–H groups in total. The van der Waals surface area contributed by atoms with E-state index in [1.165, 1.54) is 29.3 Å². The first-order chi connectivity index (χ1) is 7.70. The van der Waals surface area contributed by atoms with Gasteiger partial charge in [0.05, 0.1) is 0 Å². The lowest BCUT2D eigenvalue weighted by molar-refractivity contribution is 0.408. The summed E-state index contributed by atoms with van der Waals surface area (Å²) in [6.07, 6.45) is 2.49. The Morgan fingerprint density at radius 3 is 2.56 bits per heavy atom. The molecule has 0 aliphatic heterocycles. The second-order valence-corrected chi connectivity index (χ2v) is 5.27. The van der Waals surface area contributed by atoms with Crippen molar-refractivity contribution in [1.82, 2.24) is 4.90 Å². The van der Waals surface area contributed by atoms with Gasteiger partial charge >= 0.3 is 0 Å². The van der Waals surface area contributed by atoms with Crippen molar-refractivity contribution in [1.29, 1.82) is 0 Å². The van der Waals surface area contributed by atoms with Gasteiger partial charge in [-0.25, -0.2) is 0 Å². The fraction of sp³-hybridized carbons (Fsp3) is 0.429. The highest BCUT2D eigenvalue weighted by molar-refractivity contribution is 6.34. The predicted molar refractivity (Wildman–Crippen MR) is 77.2 cm³/mol. The highest BCUT2D eigenvalue weighted by Crippen LogP contribution is 2.15. The topological polar surface area (TPSA) is 3.24 Å². The Kier molecular flexibility index (Phi) is 5.33. The molecule has 2 heteroatoms. The van der Waals surface area contributed by atoms with Crippen LogP contribution in [0.1, 0.15) is 32.3 Å². The smallest absolute Gasteiger partial charge is 0.0393 e. The maximum Gasteiger partial charge on any atom is 0.0393 e. The van der Waals surface area contributed by atoms with Crippen molar-refractivity contribution >= 4 is 21.1 Å². The zero-order chi connectivity index (χ0) is 12.0. The van der Waals surface area contributed by atoms with Crippen LogP contribution in [0.2, 0.25) is 0 Å². The van der Waals surface area contributed by atoms with E-state index in [0.717, 1.165) is 23.3 Å². The summed E-state index contributed by atoms with van der Waals surface area (Å²) in [5, 5.41) is 1.45. The zero-order valence-corrected chi connectivity index (χ0v) is 12.8. The molecule has 0 bridgehead atoms. The first kappa shape index (κ1) is 13.0. The Morgan fingerprint density at radius 2 is 2.00 bits per heavy atom. The molecule has 0 saturated carbocycles. The van der Waals surface area contributed by atoms with E-state index in [0.29, 0.717) is 0 Å². The third kappa shape index (κ3) is 3.24. The van der Waals surface area contributed by atoms with Gasteiger partial charge in [-0.3, -0.25) is 0 Å². The molecule has 0 radical (unpaired) electrons. The molecule has 1 rings (SSSR count). The molecule has 0 fully saturated rings. The summed E-state index contributed by atoms with van der Waals surface area (Å²) in [5.74, 6) is 0. The minimum Gasteiger partial charge on any atom is -0.372 e. The molecular weight excluding hydrogens is 210 g/mol. The summed E-state index contributed by atoms with van der Waals surface area (Å²) in [4.78, 5) is 2.39. The molecule has 88 valence electrons. The number of nitrogens with zero attached hydrogens (tertiary/aromatic N) is 1. The molecule has 0 heterocycles. The molecule has 0 unspecified atom stereocenters. The van der Waals surface area contributed by atoms with Crippen LogP contribution < -0.4 is 5.19 Å². The fourth-order valence-electron chi connectivity index (χ4n) is 1.90. The summed E-state index contributed by atoms with van der Waals surface area (Å²) in [5.41, 5.74) is 2.54. The van der Waals surface area contributed by atoms with Crippen LogP contribution in [0.15, 0.2) is 30.8 Å². The van der Waals surface area contributed by atoms with Crippen molar-refractivity contribution in [3.63, 3.8) is 0 Å². The maximum absolute atomic E-state index is 4.26. The minimum absolute atomic E-state index is 1.05. The number of benzene rings is 1. The van der Waals surface area contributed by atoms with Crippen molar-refractivity contribution in [2.75, 3.05) is 13.1 Å². The Labute approximate surface area is 103 Å². The Hall–Kier alpha value is -1.02. The second kappa shape index (κ2) is 6.54. The third-order valence-electron chi connectivity index (χ3n) is 3.00. The fourth-order valence-corrected chi connectivity index (χ4v) is 2.55. The van der Waals surface area contributed by atoms with Crippen LogP contribution in [0.3, 0.4) is 0 Å². The number of rotatable bonds is 6. The number of hydrogen-bond donors (Lipinski definition) is 0. The number of unbranched alkanes of at least 4 members (excludes halogenated alkanes) is 1. The van der Waals surface area contributed by atoms with Crippen molar-refractivity contribution in [2.24, 2.45) is 0 Å². The SMILES string of the molecule is C=C(c1ccccc1[SiH3])N(CC)CCCC. The first-order valence-corrected chi connectivity index (χ1v) is 7.20. The molecule has 1 aromatic carbocycles. The van der Waals surface area contributed by atoms with E-state index in [9.17, 15) is 0 Å². The Balaban J connectivity index is 2.79. The second-order valence-electron chi connectivity index (χ2n) is 4.19. The van der Waals surface area contributed by atoms with Gasteiger partial charge in [0, 0.05) is 29.0 Å². The molecule has 0 aliphatic carbocycles. The van der Waals surface area contributed by atoms with Crippen LogP contribution in [0.4, 0.5) is 0 Å². The average Bonchev–Trinajstić information content (AvgIpc) is 2.30. The zero-order valence-electron chi connectivity index (χ0n) is 10.8. The molecule has 0 aromatic heterocycles. The lowest BCUT2D eigenvalue weighted by Crippen LogP contribution is -2.25. The minimum atomic E-state index is 1.05. The van der Waals surface area contributed by atoms with Crippen LogP contribution in [0.5, 0.6) is 0 Å². The quantitative estimate of drug-likeness (QED) is 0.677. The van der Waals surface area contributed by atoms with Gasteiger partial charge in [0.15, 0.2) is 0 Å². The van der Waals surface area contributed by atoms with Gasteiger partial charge in [-0.15, -0.1) is 0 Å². The molecule has 16 heavy (non-hydrogen) atoms. The molecule has 1 nitrogen and oxygen atoms in total. The lowest BCUT2D eigenvalue weighted by atomic mass is 10.1. The molecule has 0 atom stereocenters. The van der Waals surface area contributed by atoms with Crippen molar-refractivity contribution < 1.29 is 0 Å². The Morgan fingerprint density at radius 1 is 1.31 bits per heavy atom. The van der Waals surface area contributed by atoms with Crippen molar-refractivity contribution in [3.8, 4) is 0 Å². The van der Waals surface area contributed by atoms with Gasteiger partial charge in [0.1, 0.15) is 0 Å². The van der Waals surface area contributed by atoms with Crippen molar-refractivity contribution in [2.45, 2.75) is 26.7 Å². The molecule has 0 spiro atoms. The first-order valence-electron chi connectivity index (χ1n) is 6.20. The maximum atomic E-state index is 4.26. The predicted octanol–water partition coefficient (Wildman–Crippen LogP) is 1.77. The largest absolute Gasteiger partial charge is 0.372 e. The van der Waals surface area contributed by atoms with E-state index in [1.54, 1.807) is 0 Å². The number of hydrogen-bond acceptors (Lipinski definition) is 1. The van der Waals surface area contributed by atoms with E-state index in [4.69, 9.17) is 0 Å². The molecule has 1 aromatic rings. The molecule has 0 saturated heterocycles. The van der Waals surface area contributed by atoms with Gasteiger partial charge < -0.3 is 4.90 Å². The van der Waals surface area contributed by atoms with Gasteiger partial charge in [-0.05, 0) is 18.9 Å². The monoisotopic (exact) mass is 233 g/mol. The molecule has 0 amide bonds. The van der Waals surface area contributed by atoms with E-state index in [-0.39, 0.29) is 0 Å². The van der Waals surface area contributed by atoms with E-state index >= 15 is 0 Å². The van der Waals surface area contributed by atoms with Gasteiger partial charge in [0.2, 0.25) is 0 Å². The highest BCUT2D eigenvalue weighted by atomic mass is 28.1. The summed E-state index contributed by atoms with van der Waals surface area (Å²) in [6.45, 7) is 10.9. The van der Waals surface area contributed by atoms with Crippen LogP contribution in [-0.4, -0.2) is 28.2 Å². The average molecular weight is 233 g/mol. The standard InChI is InChI=1S/C14H23NSi/c1-4-6-11-15(5-2)12(3)13-9-7-8-10-14(13)16/h7-10H,3-6,11H2,1-2,16H3. The lowest BCUT2D eigenvalue weighted by Gasteiger charge is -2.26. The van der Waals surface area contributed by atoms with Gasteiger partial charge in [-0.2, -0.15) is 0 Å². The van der Waals surface area contributed by atoms with Crippen LogP contribution in [-0.2, 0) is 0 Å². The van der Waals surface area contributed by atoms with Crippen LogP contribution in [0.25, 0.3) is 5.70 Å². The molecular formula is C14H23NSi. The van der Waals surface area contributed by atoms with E-state index < -0.39 is 0 Å². The third-order valence-corrected chi connectivity index (χ3v) is 3.87. The highest BCUT2D eigenvalue weighted by Gasteiger charge is 2.08. The normalized spacial score (nSPS) is 10.4.